The van der Waals surface area contributed by atoms with Crippen LogP contribution in [0.25, 0.3) is 0 Å². The van der Waals surface area contributed by atoms with Gasteiger partial charge in [0.05, 0.1) is 6.17 Å². The highest BCUT2D eigenvalue weighted by Crippen LogP contribution is 2.01. The van der Waals surface area contributed by atoms with E-state index in [2.05, 4.69) is 50.2 Å². The molecule has 0 saturated carbocycles. The molecule has 0 rings (SSSR count). The third kappa shape index (κ3) is 6.02. The van der Waals surface area contributed by atoms with Gasteiger partial charge in [-0.05, 0) is 54.1 Å². The number of nitrogens with zero attached hydrogens (tertiary/aromatic N) is 2. The Morgan fingerprint density at radius 3 is 1.92 bits per heavy atom. The lowest BCUT2D eigenvalue weighted by molar-refractivity contribution is 0.120. The van der Waals surface area contributed by atoms with Crippen LogP contribution in [0.1, 0.15) is 19.8 Å². The summed E-state index contributed by atoms with van der Waals surface area (Å²) in [5.41, 5.74) is 0. The van der Waals surface area contributed by atoms with Crippen molar-refractivity contribution in [1.82, 2.24) is 15.1 Å². The van der Waals surface area contributed by atoms with Crippen LogP contribution in [0.15, 0.2) is 0 Å². The maximum absolute atomic E-state index is 3.42. The summed E-state index contributed by atoms with van der Waals surface area (Å²) in [6.45, 7) is 4.44. The highest BCUT2D eigenvalue weighted by molar-refractivity contribution is 4.64. The van der Waals surface area contributed by atoms with Crippen LogP contribution in [0.3, 0.4) is 0 Å². The average molecular weight is 187 g/mol. The Morgan fingerprint density at radius 1 is 1.00 bits per heavy atom. The van der Waals surface area contributed by atoms with E-state index in [0.717, 1.165) is 13.1 Å². The van der Waals surface area contributed by atoms with Gasteiger partial charge in [-0.1, -0.05) is 6.92 Å². The lowest BCUT2D eigenvalue weighted by atomic mass is 10.3. The predicted molar refractivity (Wildman–Crippen MR) is 58.9 cm³/mol. The molecule has 0 aromatic rings. The molecule has 3 nitrogen and oxygen atoms in total. The quantitative estimate of drug-likeness (QED) is 0.470. The normalized spacial score (nSPS) is 12.0. The fourth-order valence-corrected chi connectivity index (χ4v) is 1.51. The van der Waals surface area contributed by atoms with Gasteiger partial charge in [0.25, 0.3) is 0 Å². The summed E-state index contributed by atoms with van der Waals surface area (Å²) < 4.78 is 0. The molecule has 80 valence electrons. The Balaban J connectivity index is 3.58. The molecule has 0 aliphatic heterocycles. The second-order valence-electron chi connectivity index (χ2n) is 3.95. The van der Waals surface area contributed by atoms with Crippen LogP contribution in [-0.4, -0.2) is 57.2 Å². The molecule has 0 fully saturated rings. The molecule has 0 saturated heterocycles. The van der Waals surface area contributed by atoms with E-state index in [1.54, 1.807) is 0 Å². The van der Waals surface area contributed by atoms with Crippen molar-refractivity contribution in [2.75, 3.05) is 41.3 Å². The number of rotatable bonds is 7. The first-order chi connectivity index (χ1) is 6.09. The van der Waals surface area contributed by atoms with E-state index in [0.29, 0.717) is 6.17 Å². The molecule has 1 N–H and O–H groups in total. The summed E-state index contributed by atoms with van der Waals surface area (Å²) in [7, 11) is 8.52. The molecule has 0 aromatic heterocycles. The lowest BCUT2D eigenvalue weighted by Gasteiger charge is -2.30. The van der Waals surface area contributed by atoms with Crippen molar-refractivity contribution in [3.63, 3.8) is 0 Å². The molecule has 0 aliphatic rings. The van der Waals surface area contributed by atoms with E-state index < -0.39 is 0 Å². The van der Waals surface area contributed by atoms with E-state index in [9.17, 15) is 0 Å². The minimum absolute atomic E-state index is 0.546. The monoisotopic (exact) mass is 187 g/mol. The summed E-state index contributed by atoms with van der Waals surface area (Å²) in [6.07, 6.45) is 2.94. The van der Waals surface area contributed by atoms with Gasteiger partial charge in [0.2, 0.25) is 0 Å². The summed E-state index contributed by atoms with van der Waals surface area (Å²) >= 11 is 0. The predicted octanol–water partition coefficient (Wildman–Crippen LogP) is 0.825. The Labute approximate surface area is 83.1 Å². The van der Waals surface area contributed by atoms with Crippen molar-refractivity contribution in [2.45, 2.75) is 25.9 Å². The molecule has 0 bridgehead atoms. The molecule has 13 heavy (non-hydrogen) atoms. The molecule has 0 heterocycles. The van der Waals surface area contributed by atoms with Crippen molar-refractivity contribution >= 4 is 0 Å². The zero-order chi connectivity index (χ0) is 10.3. The molecular weight excluding hydrogens is 162 g/mol. The lowest BCUT2D eigenvalue weighted by Crippen LogP contribution is -2.42. The Hall–Kier alpha value is -0.120. The molecular formula is C10H25N3. The number of hydrogen-bond acceptors (Lipinski definition) is 3. The smallest absolute Gasteiger partial charge is 0.0624 e. The highest BCUT2D eigenvalue weighted by atomic mass is 15.3. The summed E-state index contributed by atoms with van der Waals surface area (Å²) in [6, 6.07) is 0. The van der Waals surface area contributed by atoms with Crippen molar-refractivity contribution in [1.29, 1.82) is 0 Å². The molecule has 0 aromatic carbocycles. The second-order valence-corrected chi connectivity index (χ2v) is 3.95. The van der Waals surface area contributed by atoms with Crippen LogP contribution >= 0.6 is 0 Å². The zero-order valence-corrected chi connectivity index (χ0v) is 9.80. The van der Waals surface area contributed by atoms with Gasteiger partial charge >= 0.3 is 0 Å². The van der Waals surface area contributed by atoms with Gasteiger partial charge in [-0.3, -0.25) is 9.80 Å². The van der Waals surface area contributed by atoms with Gasteiger partial charge in [-0.15, -0.1) is 0 Å². The van der Waals surface area contributed by atoms with Crippen molar-refractivity contribution in [3.05, 3.63) is 0 Å². The van der Waals surface area contributed by atoms with E-state index >= 15 is 0 Å². The zero-order valence-electron chi connectivity index (χ0n) is 9.80. The summed E-state index contributed by atoms with van der Waals surface area (Å²) in [5.74, 6) is 0. The van der Waals surface area contributed by atoms with Gasteiger partial charge in [0, 0.05) is 0 Å². The van der Waals surface area contributed by atoms with Crippen molar-refractivity contribution < 1.29 is 0 Å². The van der Waals surface area contributed by atoms with Crippen LogP contribution in [-0.2, 0) is 0 Å². The first-order valence-corrected chi connectivity index (χ1v) is 5.13. The van der Waals surface area contributed by atoms with Crippen LogP contribution in [0.4, 0.5) is 0 Å². The maximum Gasteiger partial charge on any atom is 0.0624 e. The fourth-order valence-electron chi connectivity index (χ4n) is 1.51. The third-order valence-corrected chi connectivity index (χ3v) is 2.20. The Bertz CT molecular complexity index is 105. The van der Waals surface area contributed by atoms with E-state index in [4.69, 9.17) is 0 Å². The van der Waals surface area contributed by atoms with Gasteiger partial charge in [0.15, 0.2) is 0 Å². The van der Waals surface area contributed by atoms with E-state index in [-0.39, 0.29) is 0 Å². The van der Waals surface area contributed by atoms with E-state index in [1.165, 1.54) is 12.8 Å². The Kier molecular flexibility index (Phi) is 7.23. The van der Waals surface area contributed by atoms with Crippen LogP contribution < -0.4 is 5.32 Å². The van der Waals surface area contributed by atoms with Crippen LogP contribution in [0.2, 0.25) is 0 Å². The first kappa shape index (κ1) is 12.9. The first-order valence-electron chi connectivity index (χ1n) is 5.13. The second kappa shape index (κ2) is 7.30. The summed E-state index contributed by atoms with van der Waals surface area (Å²) in [5, 5.41) is 3.42. The summed E-state index contributed by atoms with van der Waals surface area (Å²) in [4.78, 5) is 4.52. The molecule has 0 aliphatic carbocycles. The number of nitrogens with one attached hydrogen (secondary N) is 1. The number of hydrogen-bond donors (Lipinski definition) is 1. The minimum atomic E-state index is 0.546. The SMILES string of the molecule is CCCNCCC(N(C)C)N(C)C. The molecule has 0 spiro atoms. The van der Waals surface area contributed by atoms with Crippen LogP contribution in [0, 0.1) is 0 Å². The highest BCUT2D eigenvalue weighted by Gasteiger charge is 2.12. The minimum Gasteiger partial charge on any atom is -0.317 e. The fraction of sp³-hybridized carbons (Fsp3) is 1.00. The molecule has 0 atom stereocenters. The average Bonchev–Trinajstić information content (AvgIpc) is 2.02. The van der Waals surface area contributed by atoms with E-state index in [1.807, 2.05) is 0 Å². The topological polar surface area (TPSA) is 18.5 Å². The third-order valence-electron chi connectivity index (χ3n) is 2.20. The molecule has 0 radical (unpaired) electrons. The van der Waals surface area contributed by atoms with Gasteiger partial charge in [-0.2, -0.15) is 0 Å². The molecule has 0 amide bonds. The van der Waals surface area contributed by atoms with Crippen molar-refractivity contribution in [2.24, 2.45) is 0 Å². The van der Waals surface area contributed by atoms with Crippen molar-refractivity contribution in [3.8, 4) is 0 Å². The Morgan fingerprint density at radius 2 is 1.54 bits per heavy atom. The maximum atomic E-state index is 3.42. The van der Waals surface area contributed by atoms with Gasteiger partial charge in [0.1, 0.15) is 0 Å². The van der Waals surface area contributed by atoms with Gasteiger partial charge in [-0.25, -0.2) is 0 Å². The largest absolute Gasteiger partial charge is 0.317 e. The van der Waals surface area contributed by atoms with Gasteiger partial charge < -0.3 is 5.32 Å². The molecule has 0 unspecified atom stereocenters. The van der Waals surface area contributed by atoms with Crippen LogP contribution in [0.5, 0.6) is 0 Å². The molecule has 3 heteroatoms. The standard InChI is InChI=1S/C10H25N3/c1-6-8-11-9-7-10(12(2)3)13(4)5/h10-11H,6-9H2,1-5H3.